The number of ether oxygens (including phenoxy) is 1. The highest BCUT2D eigenvalue weighted by atomic mass is 32.1. The van der Waals surface area contributed by atoms with Gasteiger partial charge in [0.25, 0.3) is 0 Å². The number of para-hydroxylation sites is 1. The van der Waals surface area contributed by atoms with Crippen molar-refractivity contribution in [3.05, 3.63) is 51.2 Å². The lowest BCUT2D eigenvalue weighted by Gasteiger charge is -2.18. The summed E-state index contributed by atoms with van der Waals surface area (Å²) in [7, 11) is 3.78. The Balaban J connectivity index is 1.96. The first-order valence-electron chi connectivity index (χ1n) is 7.75. The topological polar surface area (TPSA) is 21.3 Å². The first kappa shape index (κ1) is 14.6. The molecule has 0 fully saturated rings. The standard InChI is InChI=1S/C18H23NOS/c1-19-18(14-9-6-7-10-15(14)20-2)17-12-13-8-4-3-5-11-16(13)21-17/h6-7,9-10,12,18-19H,3-5,8,11H2,1-2H3. The molecule has 0 saturated carbocycles. The molecule has 1 aliphatic carbocycles. The Morgan fingerprint density at radius 3 is 2.76 bits per heavy atom. The van der Waals surface area contributed by atoms with Crippen molar-refractivity contribution in [1.29, 1.82) is 0 Å². The van der Waals surface area contributed by atoms with Gasteiger partial charge in [-0.15, -0.1) is 11.3 Å². The number of aryl methyl sites for hydroxylation is 2. The average molecular weight is 301 g/mol. The van der Waals surface area contributed by atoms with Gasteiger partial charge < -0.3 is 10.1 Å². The fraction of sp³-hybridized carbons (Fsp3) is 0.444. The van der Waals surface area contributed by atoms with E-state index in [4.69, 9.17) is 4.74 Å². The van der Waals surface area contributed by atoms with Crippen LogP contribution < -0.4 is 10.1 Å². The van der Waals surface area contributed by atoms with Crippen molar-refractivity contribution in [2.75, 3.05) is 14.2 Å². The molecule has 0 saturated heterocycles. The lowest BCUT2D eigenvalue weighted by molar-refractivity contribution is 0.405. The molecule has 0 spiro atoms. The molecule has 3 heteroatoms. The van der Waals surface area contributed by atoms with Crippen molar-refractivity contribution in [2.24, 2.45) is 0 Å². The molecule has 2 aromatic rings. The van der Waals surface area contributed by atoms with Gasteiger partial charge in [0.2, 0.25) is 0 Å². The van der Waals surface area contributed by atoms with Gasteiger partial charge in [-0.2, -0.15) is 0 Å². The van der Waals surface area contributed by atoms with Gasteiger partial charge in [-0.3, -0.25) is 0 Å². The highest BCUT2D eigenvalue weighted by Crippen LogP contribution is 2.37. The van der Waals surface area contributed by atoms with E-state index in [1.165, 1.54) is 42.5 Å². The van der Waals surface area contributed by atoms with E-state index in [1.807, 2.05) is 30.5 Å². The third-order valence-corrected chi connectivity index (χ3v) is 5.59. The minimum atomic E-state index is 0.220. The van der Waals surface area contributed by atoms with E-state index in [0.717, 1.165) is 5.75 Å². The maximum atomic E-state index is 5.54. The lowest BCUT2D eigenvalue weighted by Crippen LogP contribution is -2.17. The van der Waals surface area contributed by atoms with Crippen LogP contribution in [0, 0.1) is 0 Å². The second-order valence-corrected chi connectivity index (χ2v) is 6.79. The van der Waals surface area contributed by atoms with Gasteiger partial charge in [0, 0.05) is 15.3 Å². The minimum absolute atomic E-state index is 0.220. The second kappa shape index (κ2) is 6.63. The lowest BCUT2D eigenvalue weighted by atomic mass is 10.0. The number of nitrogens with one attached hydrogen (secondary N) is 1. The van der Waals surface area contributed by atoms with Crippen LogP contribution >= 0.6 is 11.3 Å². The third kappa shape index (κ3) is 2.99. The summed E-state index contributed by atoms with van der Waals surface area (Å²) >= 11 is 1.98. The Hall–Kier alpha value is -1.32. The summed E-state index contributed by atoms with van der Waals surface area (Å²) in [5, 5.41) is 3.46. The van der Waals surface area contributed by atoms with E-state index in [2.05, 4.69) is 23.5 Å². The third-order valence-electron chi connectivity index (χ3n) is 4.29. The van der Waals surface area contributed by atoms with E-state index >= 15 is 0 Å². The zero-order chi connectivity index (χ0) is 14.7. The second-order valence-electron chi connectivity index (χ2n) is 5.62. The first-order chi connectivity index (χ1) is 10.3. The summed E-state index contributed by atoms with van der Waals surface area (Å²) < 4.78 is 5.54. The smallest absolute Gasteiger partial charge is 0.124 e. The van der Waals surface area contributed by atoms with Crippen molar-refractivity contribution >= 4 is 11.3 Å². The van der Waals surface area contributed by atoms with Crippen LogP contribution in [0.15, 0.2) is 30.3 Å². The van der Waals surface area contributed by atoms with E-state index < -0.39 is 0 Å². The largest absolute Gasteiger partial charge is 0.496 e. The molecule has 1 unspecified atom stereocenters. The molecule has 0 amide bonds. The monoisotopic (exact) mass is 301 g/mol. The Morgan fingerprint density at radius 1 is 1.14 bits per heavy atom. The van der Waals surface area contributed by atoms with Gasteiger partial charge in [-0.1, -0.05) is 24.6 Å². The number of hydrogen-bond donors (Lipinski definition) is 1. The predicted octanol–water partition coefficient (Wildman–Crippen LogP) is 4.33. The number of fused-ring (bicyclic) bond motifs is 1. The normalized spacial score (nSPS) is 16.1. The van der Waals surface area contributed by atoms with Crippen LogP contribution in [0.1, 0.15) is 46.2 Å². The van der Waals surface area contributed by atoms with Crippen molar-refractivity contribution in [3.8, 4) is 5.75 Å². The Morgan fingerprint density at radius 2 is 1.95 bits per heavy atom. The molecule has 0 aliphatic heterocycles. The molecular formula is C18H23NOS. The number of rotatable bonds is 4. The summed E-state index contributed by atoms with van der Waals surface area (Å²) in [5.41, 5.74) is 2.79. The molecule has 1 aliphatic rings. The van der Waals surface area contributed by atoms with Gasteiger partial charge in [0.15, 0.2) is 0 Å². The minimum Gasteiger partial charge on any atom is -0.496 e. The number of thiophene rings is 1. The van der Waals surface area contributed by atoms with Gasteiger partial charge in [-0.05, 0) is 50.4 Å². The molecule has 21 heavy (non-hydrogen) atoms. The first-order valence-corrected chi connectivity index (χ1v) is 8.56. The Bertz CT molecular complexity index is 582. The number of methoxy groups -OCH3 is 1. The SMILES string of the molecule is CNC(c1cc2c(s1)CCCCC2)c1ccccc1OC. The maximum absolute atomic E-state index is 5.54. The summed E-state index contributed by atoms with van der Waals surface area (Å²) in [6.45, 7) is 0. The maximum Gasteiger partial charge on any atom is 0.124 e. The van der Waals surface area contributed by atoms with Gasteiger partial charge in [0.1, 0.15) is 5.75 Å². The molecule has 2 nitrogen and oxygen atoms in total. The molecule has 1 heterocycles. The van der Waals surface area contributed by atoms with Crippen molar-refractivity contribution in [2.45, 2.75) is 38.1 Å². The number of benzene rings is 1. The molecule has 1 aromatic heterocycles. The van der Waals surface area contributed by atoms with Crippen LogP contribution in [0.4, 0.5) is 0 Å². The molecule has 1 atom stereocenters. The van der Waals surface area contributed by atoms with E-state index in [9.17, 15) is 0 Å². The van der Waals surface area contributed by atoms with Crippen LogP contribution in [0.25, 0.3) is 0 Å². The average Bonchev–Trinajstić information content (AvgIpc) is 2.79. The van der Waals surface area contributed by atoms with E-state index in [-0.39, 0.29) is 6.04 Å². The summed E-state index contributed by atoms with van der Waals surface area (Å²) in [6.07, 6.45) is 6.54. The van der Waals surface area contributed by atoms with E-state index in [0.29, 0.717) is 0 Å². The van der Waals surface area contributed by atoms with E-state index in [1.54, 1.807) is 17.6 Å². The van der Waals surface area contributed by atoms with Crippen LogP contribution in [0.3, 0.4) is 0 Å². The van der Waals surface area contributed by atoms with Crippen molar-refractivity contribution < 1.29 is 4.74 Å². The zero-order valence-electron chi connectivity index (χ0n) is 12.8. The summed E-state index contributed by atoms with van der Waals surface area (Å²) in [5.74, 6) is 0.959. The number of hydrogen-bond acceptors (Lipinski definition) is 3. The quantitative estimate of drug-likeness (QED) is 0.849. The molecule has 3 rings (SSSR count). The fourth-order valence-corrected chi connectivity index (χ4v) is 4.58. The molecule has 1 N–H and O–H groups in total. The summed E-state index contributed by atoms with van der Waals surface area (Å²) in [6, 6.07) is 10.9. The van der Waals surface area contributed by atoms with Crippen LogP contribution in [-0.2, 0) is 12.8 Å². The van der Waals surface area contributed by atoms with Crippen LogP contribution in [0.5, 0.6) is 5.75 Å². The fourth-order valence-electron chi connectivity index (χ4n) is 3.19. The van der Waals surface area contributed by atoms with Gasteiger partial charge in [-0.25, -0.2) is 0 Å². The molecule has 1 aromatic carbocycles. The highest BCUT2D eigenvalue weighted by molar-refractivity contribution is 7.12. The van der Waals surface area contributed by atoms with Gasteiger partial charge >= 0.3 is 0 Å². The molecule has 0 radical (unpaired) electrons. The summed E-state index contributed by atoms with van der Waals surface area (Å²) in [4.78, 5) is 3.01. The van der Waals surface area contributed by atoms with Crippen molar-refractivity contribution in [1.82, 2.24) is 5.32 Å². The molecule has 112 valence electrons. The zero-order valence-corrected chi connectivity index (χ0v) is 13.6. The van der Waals surface area contributed by atoms with Crippen LogP contribution in [0.2, 0.25) is 0 Å². The molecule has 0 bridgehead atoms. The van der Waals surface area contributed by atoms with Crippen LogP contribution in [-0.4, -0.2) is 14.2 Å². The Labute approximate surface area is 131 Å². The Kier molecular flexibility index (Phi) is 4.61. The van der Waals surface area contributed by atoms with Crippen molar-refractivity contribution in [3.63, 3.8) is 0 Å². The predicted molar refractivity (Wildman–Crippen MR) is 89.5 cm³/mol. The molecular weight excluding hydrogens is 278 g/mol. The highest BCUT2D eigenvalue weighted by Gasteiger charge is 2.21. The van der Waals surface area contributed by atoms with Gasteiger partial charge in [0.05, 0.1) is 13.2 Å².